The van der Waals surface area contributed by atoms with E-state index in [-0.39, 0.29) is 18.1 Å². The molecule has 3 rings (SSSR count). The summed E-state index contributed by atoms with van der Waals surface area (Å²) in [5, 5.41) is 3.22. The summed E-state index contributed by atoms with van der Waals surface area (Å²) in [5.74, 6) is -2.49. The number of amides is 1. The third kappa shape index (κ3) is 5.20. The lowest BCUT2D eigenvalue weighted by Gasteiger charge is -2.35. The maximum Gasteiger partial charge on any atom is 0.288 e. The second-order valence-electron chi connectivity index (χ2n) is 6.54. The van der Waals surface area contributed by atoms with Crippen molar-refractivity contribution in [2.24, 2.45) is 0 Å². The predicted molar refractivity (Wildman–Crippen MR) is 104 cm³/mol. The Morgan fingerprint density at radius 2 is 1.74 bits per heavy atom. The van der Waals surface area contributed by atoms with E-state index in [2.05, 4.69) is 5.32 Å². The summed E-state index contributed by atoms with van der Waals surface area (Å²) in [5.41, 5.74) is 1.99. The van der Waals surface area contributed by atoms with Crippen LogP contribution in [0.2, 0.25) is 0 Å². The van der Waals surface area contributed by atoms with Crippen molar-refractivity contribution in [1.29, 1.82) is 0 Å². The molecule has 1 saturated heterocycles. The summed E-state index contributed by atoms with van der Waals surface area (Å²) in [6.45, 7) is 5.02. The van der Waals surface area contributed by atoms with Crippen molar-refractivity contribution in [3.8, 4) is 0 Å². The Kier molecular flexibility index (Phi) is 6.34. The molecule has 7 heteroatoms. The monoisotopic (exact) mass is 392 g/mol. The molecule has 2 aromatic rings. The van der Waals surface area contributed by atoms with Crippen LogP contribution in [-0.4, -0.2) is 41.9 Å². The van der Waals surface area contributed by atoms with Gasteiger partial charge in [0.15, 0.2) is 0 Å². The summed E-state index contributed by atoms with van der Waals surface area (Å²) in [4.78, 5) is 15.3. The predicted octanol–water partition coefficient (Wildman–Crippen LogP) is 4.99. The van der Waals surface area contributed by atoms with Crippen LogP contribution in [-0.2, 0) is 4.74 Å². The van der Waals surface area contributed by atoms with Gasteiger partial charge in [-0.3, -0.25) is 4.79 Å². The maximum absolute atomic E-state index is 13.0. The van der Waals surface area contributed by atoms with Gasteiger partial charge in [0.05, 0.1) is 23.5 Å². The first-order valence-electron chi connectivity index (χ1n) is 8.78. The quantitative estimate of drug-likeness (QED) is 0.728. The number of nitrogens with zero attached hydrogens (tertiary/aromatic N) is 1. The molecule has 0 radical (unpaired) electrons. The average molecular weight is 392 g/mol. The lowest BCUT2D eigenvalue weighted by molar-refractivity contribution is -0.0585. The Hall–Kier alpha value is -2.12. The Bertz CT molecular complexity index is 776. The van der Waals surface area contributed by atoms with Gasteiger partial charge in [0.2, 0.25) is 0 Å². The molecule has 2 aromatic carbocycles. The lowest BCUT2D eigenvalue weighted by atomic mass is 10.1. The largest absolute Gasteiger partial charge is 0.372 e. The van der Waals surface area contributed by atoms with Crippen LogP contribution in [0.1, 0.15) is 24.2 Å². The van der Waals surface area contributed by atoms with Crippen LogP contribution in [0.5, 0.6) is 0 Å². The zero-order chi connectivity index (χ0) is 19.4. The molecule has 0 saturated carbocycles. The molecule has 4 nitrogen and oxygen atoms in total. The minimum absolute atomic E-state index is 0.00213. The third-order valence-electron chi connectivity index (χ3n) is 4.22. The number of para-hydroxylation sites is 1. The molecule has 1 N–H and O–H groups in total. The number of anilines is 2. The Labute approximate surface area is 161 Å². The highest BCUT2D eigenvalue weighted by atomic mass is 32.2. The Morgan fingerprint density at radius 1 is 1.11 bits per heavy atom. The summed E-state index contributed by atoms with van der Waals surface area (Å²) < 4.78 is 30.6. The number of thioether (sulfide) groups is 1. The molecule has 0 spiro atoms. The normalized spacial score (nSPS) is 20.0. The maximum atomic E-state index is 13.0. The van der Waals surface area contributed by atoms with E-state index in [9.17, 15) is 13.6 Å². The van der Waals surface area contributed by atoms with Crippen LogP contribution >= 0.6 is 11.8 Å². The van der Waals surface area contributed by atoms with Gasteiger partial charge in [-0.15, -0.1) is 0 Å². The molecule has 27 heavy (non-hydrogen) atoms. The Morgan fingerprint density at radius 3 is 2.37 bits per heavy atom. The number of carbonyl (C=O) groups is 1. The van der Waals surface area contributed by atoms with E-state index in [0.717, 1.165) is 5.69 Å². The highest BCUT2D eigenvalue weighted by Gasteiger charge is 2.27. The summed E-state index contributed by atoms with van der Waals surface area (Å²) >= 11 is 0.507. The fourth-order valence-electron chi connectivity index (χ4n) is 3.17. The number of hydrogen-bond donors (Lipinski definition) is 1. The van der Waals surface area contributed by atoms with Gasteiger partial charge in [-0.05, 0) is 50.2 Å². The van der Waals surface area contributed by atoms with Crippen LogP contribution in [0.25, 0.3) is 0 Å². The number of ether oxygens (including phenoxy) is 1. The number of carbonyl (C=O) groups excluding carboxylic acids is 1. The van der Waals surface area contributed by atoms with Gasteiger partial charge >= 0.3 is 0 Å². The van der Waals surface area contributed by atoms with Crippen LogP contribution < -0.4 is 5.32 Å². The van der Waals surface area contributed by atoms with Crippen molar-refractivity contribution in [3.05, 3.63) is 54.1 Å². The number of hydrogen-bond acceptors (Lipinski definition) is 4. The molecular weight excluding hydrogens is 370 g/mol. The van der Waals surface area contributed by atoms with Gasteiger partial charge < -0.3 is 15.0 Å². The average Bonchev–Trinajstić information content (AvgIpc) is 2.62. The van der Waals surface area contributed by atoms with E-state index in [1.54, 1.807) is 30.3 Å². The molecule has 144 valence electrons. The number of nitrogens with one attached hydrogen (secondary N) is 1. The number of alkyl halides is 2. The van der Waals surface area contributed by atoms with Crippen LogP contribution in [0.4, 0.5) is 20.2 Å². The second-order valence-corrected chi connectivity index (χ2v) is 7.60. The van der Waals surface area contributed by atoms with Gasteiger partial charge in [-0.25, -0.2) is 0 Å². The molecule has 1 amide bonds. The van der Waals surface area contributed by atoms with E-state index < -0.39 is 5.76 Å². The fraction of sp³-hybridized carbons (Fsp3) is 0.350. The fourth-order valence-corrected chi connectivity index (χ4v) is 3.67. The first-order valence-corrected chi connectivity index (χ1v) is 9.66. The minimum atomic E-state index is -2.44. The highest BCUT2D eigenvalue weighted by molar-refractivity contribution is 7.99. The van der Waals surface area contributed by atoms with Crippen molar-refractivity contribution < 1.29 is 18.3 Å². The Balaban J connectivity index is 1.76. The molecule has 1 heterocycles. The first-order chi connectivity index (χ1) is 12.9. The van der Waals surface area contributed by atoms with E-state index in [4.69, 9.17) is 4.74 Å². The molecule has 2 atom stereocenters. The first kappa shape index (κ1) is 19.6. The lowest BCUT2D eigenvalue weighted by Crippen LogP contribution is -2.48. The molecule has 0 aliphatic carbocycles. The molecule has 0 bridgehead atoms. The summed E-state index contributed by atoms with van der Waals surface area (Å²) in [7, 11) is 0. The van der Waals surface area contributed by atoms with Gasteiger partial charge in [-0.2, -0.15) is 8.78 Å². The molecule has 1 fully saturated rings. The van der Waals surface area contributed by atoms with E-state index in [1.165, 1.54) is 0 Å². The third-order valence-corrected chi connectivity index (χ3v) is 4.95. The number of benzene rings is 2. The van der Waals surface area contributed by atoms with Crippen molar-refractivity contribution >= 4 is 29.0 Å². The molecule has 0 aromatic heterocycles. The van der Waals surface area contributed by atoms with Gasteiger partial charge in [-0.1, -0.05) is 23.9 Å². The van der Waals surface area contributed by atoms with Crippen molar-refractivity contribution in [1.82, 2.24) is 4.90 Å². The zero-order valence-corrected chi connectivity index (χ0v) is 16.0. The van der Waals surface area contributed by atoms with E-state index in [1.807, 2.05) is 36.9 Å². The smallest absolute Gasteiger partial charge is 0.288 e. The number of halogens is 2. The van der Waals surface area contributed by atoms with Crippen LogP contribution in [0.3, 0.4) is 0 Å². The van der Waals surface area contributed by atoms with Crippen LogP contribution in [0, 0.1) is 0 Å². The molecule has 1 aliphatic rings. The summed E-state index contributed by atoms with van der Waals surface area (Å²) in [6, 6.07) is 14.0. The van der Waals surface area contributed by atoms with Gasteiger partial charge in [0.25, 0.3) is 11.7 Å². The van der Waals surface area contributed by atoms with Gasteiger partial charge in [0.1, 0.15) is 0 Å². The van der Waals surface area contributed by atoms with E-state index >= 15 is 0 Å². The van der Waals surface area contributed by atoms with Gasteiger partial charge in [0, 0.05) is 23.7 Å². The minimum Gasteiger partial charge on any atom is -0.372 e. The van der Waals surface area contributed by atoms with E-state index in [0.29, 0.717) is 41.0 Å². The SMILES string of the molecule is C[C@@H]1CN(C(=O)c2ccccc2Nc2ccc(SC(F)F)cc2)C[C@H](C)O1. The molecule has 0 unspecified atom stereocenters. The molecular formula is C20H22F2N2O2S. The molecule has 1 aliphatic heterocycles. The second kappa shape index (κ2) is 8.71. The highest BCUT2D eigenvalue weighted by Crippen LogP contribution is 2.28. The van der Waals surface area contributed by atoms with Crippen molar-refractivity contribution in [2.45, 2.75) is 36.7 Å². The van der Waals surface area contributed by atoms with Crippen molar-refractivity contribution in [2.75, 3.05) is 18.4 Å². The topological polar surface area (TPSA) is 41.6 Å². The summed E-state index contributed by atoms with van der Waals surface area (Å²) in [6.07, 6.45) is -0.00426. The van der Waals surface area contributed by atoms with Crippen molar-refractivity contribution in [3.63, 3.8) is 0 Å². The zero-order valence-electron chi connectivity index (χ0n) is 15.2. The number of rotatable bonds is 5. The number of morpholine rings is 1. The van der Waals surface area contributed by atoms with Crippen LogP contribution in [0.15, 0.2) is 53.4 Å². The standard InChI is InChI=1S/C20H22F2N2O2S/c1-13-11-24(12-14(2)26-13)19(25)17-5-3-4-6-18(17)23-15-7-9-16(10-8-15)27-20(21)22/h3-10,13-14,20,23H,11-12H2,1-2H3/t13-,14+.